The topological polar surface area (TPSA) is 57.3 Å². The highest BCUT2D eigenvalue weighted by Crippen LogP contribution is 2.19. The number of hydrogen-bond donors (Lipinski definition) is 1. The number of guanidine groups is 1. The number of anilines is 1. The van der Waals surface area contributed by atoms with E-state index < -0.39 is 0 Å². The van der Waals surface area contributed by atoms with Gasteiger partial charge in [0.15, 0.2) is 5.96 Å². The van der Waals surface area contributed by atoms with Crippen LogP contribution in [0.15, 0.2) is 29.3 Å². The summed E-state index contributed by atoms with van der Waals surface area (Å²) < 4.78 is 5.79. The molecule has 1 aromatic rings. The maximum Gasteiger partial charge on any atom is 0.191 e. The third-order valence-corrected chi connectivity index (χ3v) is 4.80. The third-order valence-electron chi connectivity index (χ3n) is 4.55. The molecular weight excluding hydrogens is 350 g/mol. The van der Waals surface area contributed by atoms with E-state index in [0.29, 0.717) is 19.1 Å². The lowest BCUT2D eigenvalue weighted by Gasteiger charge is -2.36. The third kappa shape index (κ3) is 6.67. The minimum absolute atomic E-state index is 0.122. The summed E-state index contributed by atoms with van der Waals surface area (Å²) in [5.74, 6) is 0.621. The van der Waals surface area contributed by atoms with Gasteiger partial charge < -0.3 is 25.2 Å². The molecule has 2 rings (SSSR count). The van der Waals surface area contributed by atoms with E-state index in [0.717, 1.165) is 44.2 Å². The number of nitrogens with two attached hydrogens (primary N) is 1. The zero-order valence-electron chi connectivity index (χ0n) is 16.2. The van der Waals surface area contributed by atoms with Crippen molar-refractivity contribution < 1.29 is 4.74 Å². The van der Waals surface area contributed by atoms with Gasteiger partial charge in [-0.3, -0.25) is 4.99 Å². The Bertz CT molecular complexity index is 556. The molecule has 6 nitrogen and oxygen atoms in total. The molecule has 1 fully saturated rings. The predicted octanol–water partition coefficient (Wildman–Crippen LogP) is 2.13. The van der Waals surface area contributed by atoms with Gasteiger partial charge in [-0.1, -0.05) is 11.6 Å². The average Bonchev–Trinajstić information content (AvgIpc) is 2.64. The number of halogens is 1. The molecule has 0 saturated carbocycles. The Balaban J connectivity index is 1.82. The Labute approximate surface area is 162 Å². The molecule has 0 aromatic heterocycles. The highest BCUT2D eigenvalue weighted by Gasteiger charge is 2.19. The Hall–Kier alpha value is -1.50. The molecule has 0 bridgehead atoms. The molecule has 2 N–H and O–H groups in total. The van der Waals surface area contributed by atoms with Crippen LogP contribution >= 0.6 is 11.6 Å². The van der Waals surface area contributed by atoms with Crippen LogP contribution in [0, 0.1) is 0 Å². The van der Waals surface area contributed by atoms with Crippen molar-refractivity contribution in [2.45, 2.75) is 19.4 Å². The van der Waals surface area contributed by atoms with E-state index >= 15 is 0 Å². The molecule has 1 aliphatic heterocycles. The minimum atomic E-state index is 0.122. The molecule has 7 heteroatoms. The summed E-state index contributed by atoms with van der Waals surface area (Å²) in [4.78, 5) is 11.3. The van der Waals surface area contributed by atoms with Crippen LogP contribution in [-0.2, 0) is 4.74 Å². The molecule has 1 atom stereocenters. The van der Waals surface area contributed by atoms with Crippen molar-refractivity contribution in [1.29, 1.82) is 0 Å². The first-order valence-electron chi connectivity index (χ1n) is 9.31. The number of nitrogens with zero attached hydrogens (tertiary/aromatic N) is 4. The molecule has 1 heterocycles. The van der Waals surface area contributed by atoms with Gasteiger partial charge in [-0.25, -0.2) is 0 Å². The molecule has 0 aliphatic carbocycles. The maximum atomic E-state index is 6.23. The predicted molar refractivity (Wildman–Crippen MR) is 110 cm³/mol. The quantitative estimate of drug-likeness (QED) is 0.552. The monoisotopic (exact) mass is 381 g/mol. The molecular formula is C19H32ClN5O. The van der Waals surface area contributed by atoms with Crippen LogP contribution in [0.3, 0.4) is 0 Å². The fourth-order valence-corrected chi connectivity index (χ4v) is 3.13. The van der Waals surface area contributed by atoms with Gasteiger partial charge in [-0.2, -0.15) is 0 Å². The molecule has 0 amide bonds. The number of ether oxygens (including phenoxy) is 1. The summed E-state index contributed by atoms with van der Waals surface area (Å²) in [6.07, 6.45) is 1.08. The van der Waals surface area contributed by atoms with Crippen molar-refractivity contribution in [2.24, 2.45) is 10.7 Å². The lowest BCUT2D eigenvalue weighted by Crippen LogP contribution is -2.51. The second-order valence-corrected chi connectivity index (χ2v) is 7.26. The lowest BCUT2D eigenvalue weighted by atomic mass is 10.2. The van der Waals surface area contributed by atoms with Crippen LogP contribution < -0.4 is 10.6 Å². The van der Waals surface area contributed by atoms with Gasteiger partial charge in [-0.05, 0) is 51.7 Å². The summed E-state index contributed by atoms with van der Waals surface area (Å²) in [5, 5.41) is 0.766. The van der Waals surface area contributed by atoms with E-state index in [1.807, 2.05) is 19.1 Å². The normalized spacial score (nSPS) is 17.0. The number of aliphatic imine (C=N–C) groups is 1. The van der Waals surface area contributed by atoms with Crippen LogP contribution in [0.5, 0.6) is 0 Å². The molecule has 1 saturated heterocycles. The standard InChI is InChI=1S/C19H32ClN5O/c1-4-26-18(9-10-23(2)3)15-22-19(21)25-13-11-24(12-14-25)17-7-5-16(20)6-8-17/h5-8,18H,4,9-15H2,1-3H3,(H2,21,22). The molecule has 146 valence electrons. The number of hydrogen-bond acceptors (Lipinski definition) is 4. The zero-order valence-corrected chi connectivity index (χ0v) is 17.0. The van der Waals surface area contributed by atoms with E-state index in [4.69, 9.17) is 22.1 Å². The van der Waals surface area contributed by atoms with E-state index in [1.54, 1.807) is 0 Å². The molecule has 1 aliphatic rings. The van der Waals surface area contributed by atoms with Crippen molar-refractivity contribution in [3.8, 4) is 0 Å². The van der Waals surface area contributed by atoms with Gasteiger partial charge in [0.25, 0.3) is 0 Å². The minimum Gasteiger partial charge on any atom is -0.377 e. The Morgan fingerprint density at radius 2 is 1.88 bits per heavy atom. The SMILES string of the molecule is CCOC(CCN(C)C)CN=C(N)N1CCN(c2ccc(Cl)cc2)CC1. The Morgan fingerprint density at radius 3 is 2.46 bits per heavy atom. The molecule has 26 heavy (non-hydrogen) atoms. The summed E-state index contributed by atoms with van der Waals surface area (Å²) >= 11 is 5.97. The maximum absolute atomic E-state index is 6.23. The first-order valence-corrected chi connectivity index (χ1v) is 9.69. The first kappa shape index (κ1) is 20.8. The molecule has 0 spiro atoms. The van der Waals surface area contributed by atoms with Crippen molar-refractivity contribution >= 4 is 23.2 Å². The number of rotatable bonds is 8. The van der Waals surface area contributed by atoms with Crippen LogP contribution in [0.1, 0.15) is 13.3 Å². The highest BCUT2D eigenvalue weighted by molar-refractivity contribution is 6.30. The second-order valence-electron chi connectivity index (χ2n) is 6.82. The molecule has 0 radical (unpaired) electrons. The van der Waals surface area contributed by atoms with Crippen LogP contribution in [-0.4, -0.2) is 81.8 Å². The number of piperazine rings is 1. The first-order chi connectivity index (χ1) is 12.5. The van der Waals surface area contributed by atoms with Crippen LogP contribution in [0.2, 0.25) is 5.02 Å². The van der Waals surface area contributed by atoms with Gasteiger partial charge in [-0.15, -0.1) is 0 Å². The van der Waals surface area contributed by atoms with Gasteiger partial charge in [0.2, 0.25) is 0 Å². The van der Waals surface area contributed by atoms with E-state index in [-0.39, 0.29) is 6.10 Å². The average molecular weight is 382 g/mol. The van der Waals surface area contributed by atoms with E-state index in [9.17, 15) is 0 Å². The lowest BCUT2D eigenvalue weighted by molar-refractivity contribution is 0.0581. The van der Waals surface area contributed by atoms with Crippen molar-refractivity contribution in [2.75, 3.05) is 64.9 Å². The van der Waals surface area contributed by atoms with Crippen molar-refractivity contribution in [3.63, 3.8) is 0 Å². The summed E-state index contributed by atoms with van der Waals surface area (Å²) in [6, 6.07) is 7.99. The number of benzene rings is 1. The van der Waals surface area contributed by atoms with Crippen LogP contribution in [0.4, 0.5) is 5.69 Å². The van der Waals surface area contributed by atoms with E-state index in [2.05, 4.69) is 45.9 Å². The van der Waals surface area contributed by atoms with Gasteiger partial charge in [0.1, 0.15) is 0 Å². The van der Waals surface area contributed by atoms with Crippen LogP contribution in [0.25, 0.3) is 0 Å². The smallest absolute Gasteiger partial charge is 0.191 e. The highest BCUT2D eigenvalue weighted by atomic mass is 35.5. The fraction of sp³-hybridized carbons (Fsp3) is 0.632. The largest absolute Gasteiger partial charge is 0.377 e. The van der Waals surface area contributed by atoms with E-state index in [1.165, 1.54) is 5.69 Å². The Kier molecular flexibility index (Phi) is 8.48. The van der Waals surface area contributed by atoms with Gasteiger partial charge in [0.05, 0.1) is 12.6 Å². The van der Waals surface area contributed by atoms with Gasteiger partial charge in [0, 0.05) is 50.0 Å². The van der Waals surface area contributed by atoms with Gasteiger partial charge >= 0.3 is 0 Å². The van der Waals surface area contributed by atoms with Crippen molar-refractivity contribution in [1.82, 2.24) is 9.80 Å². The van der Waals surface area contributed by atoms with Crippen molar-refractivity contribution in [3.05, 3.63) is 29.3 Å². The summed E-state index contributed by atoms with van der Waals surface area (Å²) in [5.41, 5.74) is 7.43. The summed E-state index contributed by atoms with van der Waals surface area (Å²) in [6.45, 7) is 7.91. The molecule has 1 aromatic carbocycles. The fourth-order valence-electron chi connectivity index (χ4n) is 3.01. The zero-order chi connectivity index (χ0) is 18.9. The molecule has 1 unspecified atom stereocenters. The Morgan fingerprint density at radius 1 is 1.23 bits per heavy atom. The second kappa shape index (κ2) is 10.6. The summed E-state index contributed by atoms with van der Waals surface area (Å²) in [7, 11) is 4.14.